The van der Waals surface area contributed by atoms with Gasteiger partial charge in [-0.25, -0.2) is 0 Å². The van der Waals surface area contributed by atoms with E-state index >= 15 is 0 Å². The van der Waals surface area contributed by atoms with Crippen molar-refractivity contribution in [3.05, 3.63) is 72.3 Å². The molecule has 0 heterocycles. The number of aryl methyl sites for hydroxylation is 1. The van der Waals surface area contributed by atoms with Gasteiger partial charge in [0.15, 0.2) is 0 Å². The topological polar surface area (TPSA) is 40.5 Å². The highest BCUT2D eigenvalue weighted by atomic mass is 16.3. The zero-order valence-electron chi connectivity index (χ0n) is 13.2. The molecule has 0 aromatic heterocycles. The van der Waals surface area contributed by atoms with Crippen molar-refractivity contribution < 1.29 is 10.2 Å². The third-order valence-corrected chi connectivity index (χ3v) is 4.00. The summed E-state index contributed by atoms with van der Waals surface area (Å²) >= 11 is 0. The van der Waals surface area contributed by atoms with E-state index in [2.05, 4.69) is 25.1 Å². The molecule has 0 saturated carbocycles. The maximum Gasteiger partial charge on any atom is 0.115 e. The van der Waals surface area contributed by atoms with Gasteiger partial charge in [-0.3, -0.25) is 0 Å². The van der Waals surface area contributed by atoms with Crippen LogP contribution >= 0.6 is 0 Å². The average Bonchev–Trinajstić information content (AvgIpc) is 2.57. The normalized spacial score (nSPS) is 10.7. The van der Waals surface area contributed by atoms with E-state index in [1.165, 1.54) is 11.1 Å². The minimum Gasteiger partial charge on any atom is -0.508 e. The molecule has 2 N–H and O–H groups in total. The molecule has 0 spiro atoms. The van der Waals surface area contributed by atoms with E-state index in [1.807, 2.05) is 24.3 Å². The summed E-state index contributed by atoms with van der Waals surface area (Å²) < 4.78 is 0. The van der Waals surface area contributed by atoms with Crippen LogP contribution in [0.5, 0.6) is 11.5 Å². The van der Waals surface area contributed by atoms with E-state index in [9.17, 15) is 10.2 Å². The summed E-state index contributed by atoms with van der Waals surface area (Å²) in [5.74, 6) is 0.539. The molecule has 3 aromatic carbocycles. The Balaban J connectivity index is 2.21. The highest BCUT2D eigenvalue weighted by Gasteiger charge is 2.12. The van der Waals surface area contributed by atoms with E-state index in [-0.39, 0.29) is 11.5 Å². The summed E-state index contributed by atoms with van der Waals surface area (Å²) in [6, 6.07) is 21.0. The van der Waals surface area contributed by atoms with Gasteiger partial charge < -0.3 is 10.2 Å². The Morgan fingerprint density at radius 1 is 0.696 bits per heavy atom. The number of hydrogen-bond acceptors (Lipinski definition) is 2. The van der Waals surface area contributed by atoms with Gasteiger partial charge in [0, 0.05) is 0 Å². The first-order valence-corrected chi connectivity index (χ1v) is 7.89. The second-order valence-electron chi connectivity index (χ2n) is 5.68. The number of aromatic hydroxyl groups is 2. The van der Waals surface area contributed by atoms with Gasteiger partial charge in [-0.2, -0.15) is 0 Å². The SMILES string of the molecule is CCCc1cccc(-c2ccc(O)cc2)c1-c1ccc(O)cc1. The number of hydrogen-bond donors (Lipinski definition) is 2. The van der Waals surface area contributed by atoms with Crippen LogP contribution in [-0.2, 0) is 6.42 Å². The molecule has 0 amide bonds. The molecule has 0 unspecified atom stereocenters. The Hall–Kier alpha value is -2.74. The molecule has 0 aliphatic carbocycles. The first kappa shape index (κ1) is 15.2. The molecular weight excluding hydrogens is 284 g/mol. The van der Waals surface area contributed by atoms with Crippen LogP contribution in [0.3, 0.4) is 0 Å². The van der Waals surface area contributed by atoms with Crippen LogP contribution in [0.15, 0.2) is 66.7 Å². The molecule has 2 nitrogen and oxygen atoms in total. The van der Waals surface area contributed by atoms with E-state index in [0.717, 1.165) is 29.5 Å². The van der Waals surface area contributed by atoms with Crippen LogP contribution in [0.25, 0.3) is 22.3 Å². The highest BCUT2D eigenvalue weighted by molar-refractivity contribution is 5.86. The van der Waals surface area contributed by atoms with Gasteiger partial charge in [0.1, 0.15) is 11.5 Å². The third-order valence-electron chi connectivity index (χ3n) is 4.00. The Morgan fingerprint density at radius 3 is 1.83 bits per heavy atom. The zero-order valence-corrected chi connectivity index (χ0v) is 13.2. The lowest BCUT2D eigenvalue weighted by molar-refractivity contribution is 0.475. The standard InChI is InChI=1S/C21H20O2/c1-2-4-16-5-3-6-20(15-7-11-18(22)12-8-15)21(16)17-9-13-19(23)14-10-17/h3,5-14,22-23H,2,4H2,1H3. The summed E-state index contributed by atoms with van der Waals surface area (Å²) in [5, 5.41) is 19.1. The van der Waals surface area contributed by atoms with Crippen molar-refractivity contribution in [3.63, 3.8) is 0 Å². The van der Waals surface area contributed by atoms with E-state index in [1.54, 1.807) is 24.3 Å². The predicted octanol–water partition coefficient (Wildman–Crippen LogP) is 5.38. The molecule has 3 aromatic rings. The minimum absolute atomic E-state index is 0.268. The van der Waals surface area contributed by atoms with Crippen LogP contribution in [0.1, 0.15) is 18.9 Å². The van der Waals surface area contributed by atoms with Gasteiger partial charge in [-0.15, -0.1) is 0 Å². The predicted molar refractivity (Wildman–Crippen MR) is 94.6 cm³/mol. The number of phenols is 2. The largest absolute Gasteiger partial charge is 0.508 e. The molecule has 0 fully saturated rings. The first-order chi connectivity index (χ1) is 11.2. The number of benzene rings is 3. The van der Waals surface area contributed by atoms with Gasteiger partial charge in [-0.05, 0) is 58.5 Å². The first-order valence-electron chi connectivity index (χ1n) is 7.89. The fraction of sp³-hybridized carbons (Fsp3) is 0.143. The zero-order chi connectivity index (χ0) is 16.2. The Bertz CT molecular complexity index is 787. The van der Waals surface area contributed by atoms with Gasteiger partial charge >= 0.3 is 0 Å². The molecule has 0 bridgehead atoms. The number of rotatable bonds is 4. The Morgan fingerprint density at radius 2 is 1.26 bits per heavy atom. The van der Waals surface area contributed by atoms with Crippen molar-refractivity contribution in [2.75, 3.05) is 0 Å². The second-order valence-corrected chi connectivity index (χ2v) is 5.68. The molecule has 0 aliphatic heterocycles. The summed E-state index contributed by atoms with van der Waals surface area (Å²) in [6.45, 7) is 2.17. The molecule has 0 aliphatic rings. The quantitative estimate of drug-likeness (QED) is 0.679. The van der Waals surface area contributed by atoms with Gasteiger partial charge in [0.05, 0.1) is 0 Å². The summed E-state index contributed by atoms with van der Waals surface area (Å²) in [6.07, 6.45) is 2.08. The number of phenolic OH excluding ortho intramolecular Hbond substituents is 2. The van der Waals surface area contributed by atoms with Gasteiger partial charge in [0.25, 0.3) is 0 Å². The third kappa shape index (κ3) is 3.21. The van der Waals surface area contributed by atoms with Gasteiger partial charge in [-0.1, -0.05) is 55.8 Å². The van der Waals surface area contributed by atoms with Crippen LogP contribution in [0, 0.1) is 0 Å². The van der Waals surface area contributed by atoms with E-state index in [0.29, 0.717) is 0 Å². The minimum atomic E-state index is 0.268. The highest BCUT2D eigenvalue weighted by Crippen LogP contribution is 2.36. The van der Waals surface area contributed by atoms with Crippen molar-refractivity contribution in [1.29, 1.82) is 0 Å². The van der Waals surface area contributed by atoms with Crippen LogP contribution in [0.2, 0.25) is 0 Å². The molecule has 23 heavy (non-hydrogen) atoms. The lowest BCUT2D eigenvalue weighted by Crippen LogP contribution is -1.93. The van der Waals surface area contributed by atoms with Crippen molar-refractivity contribution >= 4 is 0 Å². The van der Waals surface area contributed by atoms with Gasteiger partial charge in [0.2, 0.25) is 0 Å². The molecule has 0 saturated heterocycles. The maximum absolute atomic E-state index is 9.57. The summed E-state index contributed by atoms with van der Waals surface area (Å²) in [4.78, 5) is 0. The van der Waals surface area contributed by atoms with Crippen molar-refractivity contribution in [2.45, 2.75) is 19.8 Å². The smallest absolute Gasteiger partial charge is 0.115 e. The van der Waals surface area contributed by atoms with E-state index < -0.39 is 0 Å². The Labute approximate surface area is 136 Å². The molecular formula is C21H20O2. The maximum atomic E-state index is 9.57. The lowest BCUT2D eigenvalue weighted by Gasteiger charge is -2.15. The fourth-order valence-corrected chi connectivity index (χ4v) is 2.93. The van der Waals surface area contributed by atoms with Crippen LogP contribution in [0.4, 0.5) is 0 Å². The van der Waals surface area contributed by atoms with Crippen molar-refractivity contribution in [3.8, 4) is 33.8 Å². The Kier molecular flexibility index (Phi) is 4.33. The summed E-state index contributed by atoms with van der Waals surface area (Å²) in [5.41, 5.74) is 5.80. The molecule has 2 heteroatoms. The van der Waals surface area contributed by atoms with E-state index in [4.69, 9.17) is 0 Å². The molecule has 116 valence electrons. The fourth-order valence-electron chi connectivity index (χ4n) is 2.93. The molecule has 0 atom stereocenters. The second kappa shape index (κ2) is 6.57. The summed E-state index contributed by atoms with van der Waals surface area (Å²) in [7, 11) is 0. The van der Waals surface area contributed by atoms with Crippen LogP contribution in [-0.4, -0.2) is 10.2 Å². The lowest BCUT2D eigenvalue weighted by atomic mass is 9.89. The average molecular weight is 304 g/mol. The van der Waals surface area contributed by atoms with Crippen molar-refractivity contribution in [1.82, 2.24) is 0 Å². The van der Waals surface area contributed by atoms with Crippen molar-refractivity contribution in [2.24, 2.45) is 0 Å². The molecule has 0 radical (unpaired) electrons. The van der Waals surface area contributed by atoms with Crippen LogP contribution < -0.4 is 0 Å². The monoisotopic (exact) mass is 304 g/mol. The molecule has 3 rings (SSSR count).